The van der Waals surface area contributed by atoms with E-state index in [1.54, 1.807) is 39.8 Å². The van der Waals surface area contributed by atoms with Crippen LogP contribution in [0.25, 0.3) is 0 Å². The summed E-state index contributed by atoms with van der Waals surface area (Å²) in [5.74, 6) is -1.49. The zero-order valence-electron chi connectivity index (χ0n) is 30.1. The van der Waals surface area contributed by atoms with Gasteiger partial charge in [0.15, 0.2) is 17.2 Å². The third-order valence-corrected chi connectivity index (χ3v) is 9.48. The molecule has 1 aliphatic carbocycles. The predicted molar refractivity (Wildman–Crippen MR) is 183 cm³/mol. The summed E-state index contributed by atoms with van der Waals surface area (Å²) in [6, 6.07) is 1.24. The lowest BCUT2D eigenvalue weighted by atomic mass is 9.84. The van der Waals surface area contributed by atoms with Gasteiger partial charge in [0.1, 0.15) is 23.1 Å². The van der Waals surface area contributed by atoms with Crippen molar-refractivity contribution in [3.05, 3.63) is 22.7 Å². The first-order valence-electron chi connectivity index (χ1n) is 16.9. The van der Waals surface area contributed by atoms with E-state index >= 15 is 0 Å². The van der Waals surface area contributed by atoms with Gasteiger partial charge in [-0.15, -0.1) is 0 Å². The third-order valence-electron chi connectivity index (χ3n) is 9.18. The zero-order valence-corrected chi connectivity index (χ0v) is 30.8. The molecule has 1 spiro atoms. The van der Waals surface area contributed by atoms with E-state index in [1.807, 2.05) is 20.8 Å². The molecular weight excluding hydrogens is 654 g/mol. The molecule has 270 valence electrons. The number of halogens is 1. The number of likely N-dealkylation sites (tertiary alicyclic amines) is 1. The van der Waals surface area contributed by atoms with Gasteiger partial charge in [-0.3, -0.25) is 19.2 Å². The number of ether oxygens (including phenoxy) is 3. The lowest BCUT2D eigenvalue weighted by Gasteiger charge is -2.36. The number of carbonyl (C=O) groups is 5. The smallest absolute Gasteiger partial charge is 0.408 e. The summed E-state index contributed by atoms with van der Waals surface area (Å²) in [5, 5.41) is 7.46. The average molecular weight is 704 g/mol. The van der Waals surface area contributed by atoms with Crippen molar-refractivity contribution in [2.45, 2.75) is 117 Å². The van der Waals surface area contributed by atoms with E-state index in [0.717, 1.165) is 12.8 Å². The second-order valence-corrected chi connectivity index (χ2v) is 15.9. The number of hydrogen-bond acceptors (Lipinski definition) is 10. The molecule has 0 radical (unpaired) electrons. The summed E-state index contributed by atoms with van der Waals surface area (Å²) in [4.78, 5) is 74.9. The number of methoxy groups -OCH3 is 2. The molecule has 2 aliphatic heterocycles. The first-order valence-corrected chi connectivity index (χ1v) is 17.3. The van der Waals surface area contributed by atoms with E-state index < -0.39 is 58.2 Å². The van der Waals surface area contributed by atoms with Crippen molar-refractivity contribution in [1.82, 2.24) is 10.2 Å². The lowest BCUT2D eigenvalue weighted by molar-refractivity contribution is -0.143. The molecule has 13 heteroatoms. The summed E-state index contributed by atoms with van der Waals surface area (Å²) in [6.07, 6.45) is 1.77. The highest BCUT2D eigenvalue weighted by Crippen LogP contribution is 2.44. The summed E-state index contributed by atoms with van der Waals surface area (Å²) >= 11 is 6.45. The zero-order chi connectivity index (χ0) is 36.5. The molecule has 1 saturated carbocycles. The van der Waals surface area contributed by atoms with E-state index in [2.05, 4.69) is 10.5 Å². The van der Waals surface area contributed by atoms with Gasteiger partial charge in [0.25, 0.3) is 0 Å². The van der Waals surface area contributed by atoms with Crippen molar-refractivity contribution in [3.63, 3.8) is 0 Å². The highest BCUT2D eigenvalue weighted by Gasteiger charge is 2.56. The predicted octanol–water partition coefficient (Wildman–Crippen LogP) is 5.68. The Hall–Kier alpha value is -3.67. The van der Waals surface area contributed by atoms with Gasteiger partial charge in [-0.1, -0.05) is 57.3 Å². The van der Waals surface area contributed by atoms with Crippen LogP contribution in [0.5, 0.6) is 11.5 Å². The Balaban J connectivity index is 1.68. The third kappa shape index (κ3) is 9.12. The number of nitrogens with zero attached hydrogens (tertiary/aromatic N) is 2. The van der Waals surface area contributed by atoms with Crippen molar-refractivity contribution in [1.29, 1.82) is 0 Å². The number of hydrogen-bond donors (Lipinski definition) is 1. The van der Waals surface area contributed by atoms with Gasteiger partial charge >= 0.3 is 6.09 Å². The lowest BCUT2D eigenvalue weighted by Crippen LogP contribution is -2.57. The minimum absolute atomic E-state index is 0.0147. The molecule has 3 aliphatic rings. The second-order valence-electron chi connectivity index (χ2n) is 15.5. The Morgan fingerprint density at radius 3 is 2.27 bits per heavy atom. The Morgan fingerprint density at radius 1 is 1.06 bits per heavy atom. The number of benzene rings is 1. The number of Topliss-reactive ketones (excluding diaryl/α,β-unsaturated/α-hetero) is 3. The molecular formula is C36H50ClN3O9. The van der Waals surface area contributed by atoms with Gasteiger partial charge in [0.05, 0.1) is 37.5 Å². The van der Waals surface area contributed by atoms with Gasteiger partial charge in [0.2, 0.25) is 11.7 Å². The average Bonchev–Trinajstić information content (AvgIpc) is 3.62. The van der Waals surface area contributed by atoms with Crippen LogP contribution in [-0.2, 0) is 28.8 Å². The van der Waals surface area contributed by atoms with Gasteiger partial charge in [-0.05, 0) is 44.6 Å². The molecule has 0 bridgehead atoms. The standard InChI is InChI=1S/C36H50ClN3O9/c1-10-26(41)30(43)21(13-20-11-12-20)14-27(42)25-18-36(17-24(39-49-36)22-15-23(37)29(47-9)16-28(22)46-8)19-40(25)32(44)31(34(2,3)4)38-33(45)48-35(5,6)7/h15-16,20-21,25,31H,10-14,17-19H2,1-9H3,(H,38,45)/t21-,25+,31-,36-/m1/s1. The van der Waals surface area contributed by atoms with Crippen molar-refractivity contribution in [2.24, 2.45) is 22.4 Å². The van der Waals surface area contributed by atoms with E-state index in [-0.39, 0.29) is 38.0 Å². The molecule has 4 atom stereocenters. The normalized spacial score (nSPS) is 21.8. The molecule has 0 aromatic heterocycles. The maximum Gasteiger partial charge on any atom is 0.408 e. The number of oxime groups is 1. The Kier molecular flexibility index (Phi) is 11.4. The summed E-state index contributed by atoms with van der Waals surface area (Å²) < 4.78 is 16.4. The molecule has 4 rings (SSSR count). The first-order chi connectivity index (χ1) is 22.8. The highest BCUT2D eigenvalue weighted by molar-refractivity contribution is 6.38. The fourth-order valence-corrected chi connectivity index (χ4v) is 6.71. The Bertz CT molecular complexity index is 1510. The van der Waals surface area contributed by atoms with Crippen LogP contribution in [0.15, 0.2) is 17.3 Å². The maximum atomic E-state index is 14.5. The van der Waals surface area contributed by atoms with Crippen LogP contribution in [-0.4, -0.2) is 84.0 Å². The van der Waals surface area contributed by atoms with Gasteiger partial charge in [-0.2, -0.15) is 0 Å². The SMILES string of the molecule is CCC(=O)C(=O)[C@@H](CC(=O)[C@@H]1C[C@]2(CC(c3cc(Cl)c(OC)cc3OC)=NO2)CN1C(=O)[C@@H](NC(=O)OC(C)(C)C)C(C)(C)C)CC1CC1. The second kappa shape index (κ2) is 14.7. The largest absolute Gasteiger partial charge is 0.496 e. The monoisotopic (exact) mass is 703 g/mol. The molecule has 1 N–H and O–H groups in total. The molecule has 49 heavy (non-hydrogen) atoms. The van der Waals surface area contributed by atoms with E-state index in [4.69, 9.17) is 30.6 Å². The molecule has 1 aromatic carbocycles. The molecule has 12 nitrogen and oxygen atoms in total. The van der Waals surface area contributed by atoms with Gasteiger partial charge in [-0.25, -0.2) is 4.79 Å². The van der Waals surface area contributed by atoms with E-state index in [1.165, 1.54) is 19.1 Å². The van der Waals surface area contributed by atoms with Crippen LogP contribution in [0.1, 0.15) is 99.0 Å². The van der Waals surface area contributed by atoms with Gasteiger partial charge < -0.3 is 29.3 Å². The molecule has 2 amide bonds. The van der Waals surface area contributed by atoms with Crippen molar-refractivity contribution >= 4 is 46.7 Å². The van der Waals surface area contributed by atoms with E-state index in [0.29, 0.717) is 40.1 Å². The molecule has 1 aromatic rings. The molecule has 1 saturated heterocycles. The van der Waals surface area contributed by atoms with Crippen LogP contribution in [0.2, 0.25) is 5.02 Å². The number of carbonyl (C=O) groups excluding carboxylic acids is 5. The van der Waals surface area contributed by atoms with Crippen molar-refractivity contribution in [3.8, 4) is 11.5 Å². The Labute approximate surface area is 293 Å². The first kappa shape index (κ1) is 38.1. The summed E-state index contributed by atoms with van der Waals surface area (Å²) in [6.45, 7) is 12.2. The molecule has 2 heterocycles. The maximum absolute atomic E-state index is 14.5. The number of nitrogens with one attached hydrogen (secondary N) is 1. The number of alkyl carbamates (subject to hydrolysis) is 1. The van der Waals surface area contributed by atoms with Crippen LogP contribution in [0.4, 0.5) is 4.79 Å². The van der Waals surface area contributed by atoms with Crippen molar-refractivity contribution < 1.29 is 43.0 Å². The number of ketones is 3. The topological polar surface area (TPSA) is 150 Å². The number of amides is 2. The van der Waals surface area contributed by atoms with Gasteiger partial charge in [0, 0.05) is 43.2 Å². The van der Waals surface area contributed by atoms with Crippen LogP contribution < -0.4 is 14.8 Å². The van der Waals surface area contributed by atoms with Crippen LogP contribution in [0, 0.1) is 17.3 Å². The molecule has 2 fully saturated rings. The fourth-order valence-electron chi connectivity index (χ4n) is 6.47. The van der Waals surface area contributed by atoms with Crippen LogP contribution >= 0.6 is 11.6 Å². The van der Waals surface area contributed by atoms with E-state index in [9.17, 15) is 24.0 Å². The molecule has 0 unspecified atom stereocenters. The minimum atomic E-state index is -1.09. The van der Waals surface area contributed by atoms with Crippen molar-refractivity contribution in [2.75, 3.05) is 20.8 Å². The number of rotatable bonds is 13. The Morgan fingerprint density at radius 2 is 1.71 bits per heavy atom. The highest BCUT2D eigenvalue weighted by atomic mass is 35.5. The quantitative estimate of drug-likeness (QED) is 0.256. The fraction of sp³-hybridized carbons (Fsp3) is 0.667. The summed E-state index contributed by atoms with van der Waals surface area (Å²) in [7, 11) is 3.01. The summed E-state index contributed by atoms with van der Waals surface area (Å²) in [5.41, 5.74) is -1.59. The van der Waals surface area contributed by atoms with Crippen LogP contribution in [0.3, 0.4) is 0 Å². The minimum Gasteiger partial charge on any atom is -0.496 e.